The number of likely N-dealkylation sites (N-methyl/N-ethyl adjacent to an activating group) is 1. The molecule has 1 fully saturated rings. The van der Waals surface area contributed by atoms with Gasteiger partial charge in [-0.3, -0.25) is 0 Å². The first kappa shape index (κ1) is 12.8. The van der Waals surface area contributed by atoms with E-state index in [1.54, 1.807) is 0 Å². The molecule has 0 bridgehead atoms. The van der Waals surface area contributed by atoms with Crippen LogP contribution < -0.4 is 11.1 Å². The van der Waals surface area contributed by atoms with E-state index in [1.807, 2.05) is 24.3 Å². The van der Waals surface area contributed by atoms with Gasteiger partial charge in [0.05, 0.1) is 0 Å². The molecule has 94 valence electrons. The van der Waals surface area contributed by atoms with E-state index in [9.17, 15) is 0 Å². The van der Waals surface area contributed by atoms with E-state index in [-0.39, 0.29) is 6.04 Å². The number of halogens is 1. The van der Waals surface area contributed by atoms with Crippen molar-refractivity contribution in [1.82, 2.24) is 10.2 Å². The molecule has 4 heteroatoms. The Morgan fingerprint density at radius 2 is 2.18 bits per heavy atom. The number of hydrogen-bond acceptors (Lipinski definition) is 3. The molecule has 2 unspecified atom stereocenters. The zero-order valence-corrected chi connectivity index (χ0v) is 11.0. The van der Waals surface area contributed by atoms with Crippen LogP contribution in [0.15, 0.2) is 24.3 Å². The van der Waals surface area contributed by atoms with Crippen molar-refractivity contribution in [3.63, 3.8) is 0 Å². The van der Waals surface area contributed by atoms with Crippen molar-refractivity contribution in [3.8, 4) is 0 Å². The van der Waals surface area contributed by atoms with Crippen LogP contribution in [-0.2, 0) is 0 Å². The smallest absolute Gasteiger partial charge is 0.0406 e. The zero-order chi connectivity index (χ0) is 12.3. The third kappa shape index (κ3) is 3.42. The highest BCUT2D eigenvalue weighted by atomic mass is 35.5. The summed E-state index contributed by atoms with van der Waals surface area (Å²) in [6.45, 7) is 3.19. The molecule has 0 radical (unpaired) electrons. The number of nitrogens with two attached hydrogens (primary N) is 1. The molecule has 1 aliphatic rings. The van der Waals surface area contributed by atoms with Gasteiger partial charge in [0.15, 0.2) is 0 Å². The molecule has 3 nitrogen and oxygen atoms in total. The van der Waals surface area contributed by atoms with Gasteiger partial charge in [0.25, 0.3) is 0 Å². The Bertz CT molecular complexity index is 352. The van der Waals surface area contributed by atoms with E-state index in [0.29, 0.717) is 6.04 Å². The van der Waals surface area contributed by atoms with E-state index < -0.39 is 0 Å². The quantitative estimate of drug-likeness (QED) is 0.861. The van der Waals surface area contributed by atoms with Crippen LogP contribution in [0.5, 0.6) is 0 Å². The van der Waals surface area contributed by atoms with Gasteiger partial charge < -0.3 is 16.0 Å². The Morgan fingerprint density at radius 3 is 2.82 bits per heavy atom. The Balaban J connectivity index is 1.95. The second kappa shape index (κ2) is 5.83. The normalized spacial score (nSPS) is 23.6. The van der Waals surface area contributed by atoms with Crippen LogP contribution in [0.4, 0.5) is 0 Å². The summed E-state index contributed by atoms with van der Waals surface area (Å²) in [5, 5.41) is 4.17. The van der Waals surface area contributed by atoms with Gasteiger partial charge in [0.2, 0.25) is 0 Å². The monoisotopic (exact) mass is 253 g/mol. The maximum atomic E-state index is 6.24. The van der Waals surface area contributed by atoms with Crippen molar-refractivity contribution < 1.29 is 0 Å². The fourth-order valence-electron chi connectivity index (χ4n) is 2.26. The largest absolute Gasteiger partial charge is 0.324 e. The molecule has 0 spiro atoms. The highest BCUT2D eigenvalue weighted by Crippen LogP contribution is 2.20. The Morgan fingerprint density at radius 1 is 1.47 bits per heavy atom. The summed E-state index contributed by atoms with van der Waals surface area (Å²) in [5.74, 6) is 0. The summed E-state index contributed by atoms with van der Waals surface area (Å²) < 4.78 is 0. The lowest BCUT2D eigenvalue weighted by Gasteiger charge is -2.34. The van der Waals surface area contributed by atoms with Crippen molar-refractivity contribution in [2.24, 2.45) is 5.73 Å². The summed E-state index contributed by atoms with van der Waals surface area (Å²) in [6, 6.07) is 8.44. The number of rotatable bonds is 3. The average molecular weight is 254 g/mol. The Labute approximate surface area is 108 Å². The lowest BCUT2D eigenvalue weighted by Crippen LogP contribution is -2.50. The predicted molar refractivity (Wildman–Crippen MR) is 72.3 cm³/mol. The first-order valence-corrected chi connectivity index (χ1v) is 6.46. The topological polar surface area (TPSA) is 41.3 Å². The standard InChI is InChI=1S/C13H20ClN3/c1-17-7-6-16-9-12(17)8-13(15)10-2-4-11(14)5-3-10/h2-5,12-13,16H,6-9,15H2,1H3. The third-order valence-corrected chi connectivity index (χ3v) is 3.72. The number of hydrogen-bond donors (Lipinski definition) is 2. The molecule has 17 heavy (non-hydrogen) atoms. The van der Waals surface area contributed by atoms with Crippen LogP contribution in [0, 0.1) is 0 Å². The van der Waals surface area contributed by atoms with Gasteiger partial charge >= 0.3 is 0 Å². The van der Waals surface area contributed by atoms with Crippen LogP contribution in [-0.4, -0.2) is 37.6 Å². The molecule has 0 saturated carbocycles. The number of benzene rings is 1. The first-order valence-electron chi connectivity index (χ1n) is 6.09. The molecule has 1 heterocycles. The van der Waals surface area contributed by atoms with Crippen molar-refractivity contribution in [3.05, 3.63) is 34.9 Å². The van der Waals surface area contributed by atoms with Crippen molar-refractivity contribution in [2.45, 2.75) is 18.5 Å². The van der Waals surface area contributed by atoms with Crippen LogP contribution >= 0.6 is 11.6 Å². The molecule has 1 aromatic rings. The number of nitrogens with one attached hydrogen (secondary N) is 1. The van der Waals surface area contributed by atoms with Gasteiger partial charge in [-0.05, 0) is 31.2 Å². The molecular formula is C13H20ClN3. The maximum Gasteiger partial charge on any atom is 0.0406 e. The van der Waals surface area contributed by atoms with Crippen molar-refractivity contribution >= 4 is 11.6 Å². The van der Waals surface area contributed by atoms with Gasteiger partial charge in [0.1, 0.15) is 0 Å². The fraction of sp³-hybridized carbons (Fsp3) is 0.538. The highest BCUT2D eigenvalue weighted by Gasteiger charge is 2.21. The van der Waals surface area contributed by atoms with E-state index in [2.05, 4.69) is 17.3 Å². The third-order valence-electron chi connectivity index (χ3n) is 3.47. The van der Waals surface area contributed by atoms with E-state index in [0.717, 1.165) is 36.6 Å². The number of piperazine rings is 1. The van der Waals surface area contributed by atoms with Crippen LogP contribution in [0.3, 0.4) is 0 Å². The van der Waals surface area contributed by atoms with Gasteiger partial charge in [-0.15, -0.1) is 0 Å². The Kier molecular flexibility index (Phi) is 4.40. The van der Waals surface area contributed by atoms with Gasteiger partial charge in [-0.2, -0.15) is 0 Å². The average Bonchev–Trinajstić information content (AvgIpc) is 2.33. The van der Waals surface area contributed by atoms with Crippen molar-refractivity contribution in [1.29, 1.82) is 0 Å². The number of nitrogens with zero attached hydrogens (tertiary/aromatic N) is 1. The van der Waals surface area contributed by atoms with E-state index >= 15 is 0 Å². The molecule has 0 amide bonds. The molecule has 1 aliphatic heterocycles. The minimum absolute atomic E-state index is 0.0830. The minimum Gasteiger partial charge on any atom is -0.324 e. The summed E-state index contributed by atoms with van der Waals surface area (Å²) in [6.07, 6.45) is 0.977. The summed E-state index contributed by atoms with van der Waals surface area (Å²) in [7, 11) is 2.17. The molecule has 2 atom stereocenters. The minimum atomic E-state index is 0.0830. The second-order valence-corrected chi connectivity index (χ2v) is 5.17. The zero-order valence-electron chi connectivity index (χ0n) is 10.2. The first-order chi connectivity index (χ1) is 8.16. The van der Waals surface area contributed by atoms with Gasteiger partial charge in [-0.1, -0.05) is 23.7 Å². The van der Waals surface area contributed by atoms with Crippen LogP contribution in [0.2, 0.25) is 5.02 Å². The van der Waals surface area contributed by atoms with E-state index in [4.69, 9.17) is 17.3 Å². The second-order valence-electron chi connectivity index (χ2n) is 4.73. The molecule has 1 saturated heterocycles. The van der Waals surface area contributed by atoms with Gasteiger partial charge in [0, 0.05) is 36.7 Å². The SMILES string of the molecule is CN1CCNCC1CC(N)c1ccc(Cl)cc1. The highest BCUT2D eigenvalue weighted by molar-refractivity contribution is 6.30. The van der Waals surface area contributed by atoms with Crippen LogP contribution in [0.1, 0.15) is 18.0 Å². The maximum absolute atomic E-state index is 6.24. The lowest BCUT2D eigenvalue weighted by molar-refractivity contribution is 0.182. The summed E-state index contributed by atoms with van der Waals surface area (Å²) >= 11 is 5.87. The Hall–Kier alpha value is -0.610. The molecule has 0 aliphatic carbocycles. The van der Waals surface area contributed by atoms with E-state index in [1.165, 1.54) is 0 Å². The van der Waals surface area contributed by atoms with Crippen LogP contribution in [0.25, 0.3) is 0 Å². The molecule has 2 rings (SSSR count). The predicted octanol–water partition coefficient (Wildman–Crippen LogP) is 1.63. The lowest BCUT2D eigenvalue weighted by atomic mass is 9.98. The summed E-state index contributed by atoms with van der Waals surface area (Å²) in [4.78, 5) is 2.38. The fourth-order valence-corrected chi connectivity index (χ4v) is 2.39. The molecule has 1 aromatic carbocycles. The summed E-state index contributed by atoms with van der Waals surface area (Å²) in [5.41, 5.74) is 7.40. The molecular weight excluding hydrogens is 234 g/mol. The van der Waals surface area contributed by atoms with Crippen molar-refractivity contribution in [2.75, 3.05) is 26.7 Å². The molecule has 3 N–H and O–H groups in total. The molecule has 0 aromatic heterocycles. The van der Waals surface area contributed by atoms with Gasteiger partial charge in [-0.25, -0.2) is 0 Å².